The Bertz CT molecular complexity index is 937. The molecule has 0 radical (unpaired) electrons. The Labute approximate surface area is 155 Å². The van der Waals surface area contributed by atoms with Crippen molar-refractivity contribution in [3.63, 3.8) is 0 Å². The number of carbonyl (C=O) groups excluding carboxylic acids is 2. The number of para-hydroxylation sites is 1. The molecule has 3 N–H and O–H groups in total. The molecule has 2 amide bonds. The molecule has 1 aromatic heterocycles. The minimum absolute atomic E-state index is 0.200. The van der Waals surface area contributed by atoms with Crippen LogP contribution in [0.15, 0.2) is 54.7 Å². The van der Waals surface area contributed by atoms with Gasteiger partial charge in [-0.15, -0.1) is 0 Å². The SMILES string of the molecule is CCOC(=O)N[C@@H](Cc1c[nH]c2ccccc12)C(=O)Nc1ccc(F)cc1. The molecule has 0 aliphatic heterocycles. The molecule has 3 rings (SSSR count). The molecule has 0 bridgehead atoms. The minimum atomic E-state index is -0.853. The van der Waals surface area contributed by atoms with Crippen molar-refractivity contribution in [1.29, 1.82) is 0 Å². The highest BCUT2D eigenvalue weighted by Gasteiger charge is 2.23. The monoisotopic (exact) mass is 369 g/mol. The summed E-state index contributed by atoms with van der Waals surface area (Å²) in [6, 6.07) is 12.3. The van der Waals surface area contributed by atoms with Crippen molar-refractivity contribution < 1.29 is 18.7 Å². The predicted molar refractivity (Wildman–Crippen MR) is 101 cm³/mol. The van der Waals surface area contributed by atoms with Crippen LogP contribution in [-0.2, 0) is 16.0 Å². The number of amides is 2. The molecule has 0 saturated carbocycles. The summed E-state index contributed by atoms with van der Waals surface area (Å²) in [5.74, 6) is -0.812. The van der Waals surface area contributed by atoms with Gasteiger partial charge in [0, 0.05) is 29.2 Å². The minimum Gasteiger partial charge on any atom is -0.450 e. The van der Waals surface area contributed by atoms with Gasteiger partial charge >= 0.3 is 6.09 Å². The van der Waals surface area contributed by atoms with Gasteiger partial charge in [0.1, 0.15) is 11.9 Å². The number of alkyl carbamates (subject to hydrolysis) is 1. The zero-order valence-corrected chi connectivity index (χ0v) is 14.8. The Kier molecular flexibility index (Phi) is 5.71. The van der Waals surface area contributed by atoms with E-state index < -0.39 is 23.9 Å². The zero-order chi connectivity index (χ0) is 19.2. The van der Waals surface area contributed by atoms with E-state index in [1.165, 1.54) is 24.3 Å². The summed E-state index contributed by atoms with van der Waals surface area (Å²) in [6.45, 7) is 1.89. The summed E-state index contributed by atoms with van der Waals surface area (Å²) >= 11 is 0. The number of rotatable bonds is 6. The van der Waals surface area contributed by atoms with E-state index in [2.05, 4.69) is 15.6 Å². The van der Waals surface area contributed by atoms with Crippen molar-refractivity contribution in [3.8, 4) is 0 Å². The molecule has 140 valence electrons. The molecule has 3 aromatic rings. The maximum absolute atomic E-state index is 13.1. The number of H-pyrrole nitrogens is 1. The molecule has 1 heterocycles. The second-order valence-corrected chi connectivity index (χ2v) is 5.98. The van der Waals surface area contributed by atoms with Crippen molar-refractivity contribution in [2.24, 2.45) is 0 Å². The first kappa shape index (κ1) is 18.4. The predicted octanol–water partition coefficient (Wildman–Crippen LogP) is 3.60. The van der Waals surface area contributed by atoms with Crippen molar-refractivity contribution in [2.75, 3.05) is 11.9 Å². The van der Waals surface area contributed by atoms with E-state index in [4.69, 9.17) is 4.74 Å². The van der Waals surface area contributed by atoms with E-state index in [1.54, 1.807) is 6.92 Å². The average molecular weight is 369 g/mol. The maximum atomic E-state index is 13.1. The number of carbonyl (C=O) groups is 2. The highest BCUT2D eigenvalue weighted by molar-refractivity contribution is 5.97. The van der Waals surface area contributed by atoms with Crippen LogP contribution in [0.25, 0.3) is 10.9 Å². The quantitative estimate of drug-likeness (QED) is 0.621. The van der Waals surface area contributed by atoms with Gasteiger partial charge in [0.05, 0.1) is 6.61 Å². The first-order valence-corrected chi connectivity index (χ1v) is 8.61. The van der Waals surface area contributed by atoms with Crippen LogP contribution in [0, 0.1) is 5.82 Å². The molecular formula is C20H20FN3O3. The highest BCUT2D eigenvalue weighted by Crippen LogP contribution is 2.20. The normalized spacial score (nSPS) is 11.8. The number of ether oxygens (including phenoxy) is 1. The number of nitrogens with one attached hydrogen (secondary N) is 3. The molecular weight excluding hydrogens is 349 g/mol. The van der Waals surface area contributed by atoms with Gasteiger partial charge in [0.2, 0.25) is 5.91 Å². The van der Waals surface area contributed by atoms with Gasteiger partial charge in [-0.3, -0.25) is 4.79 Å². The van der Waals surface area contributed by atoms with E-state index >= 15 is 0 Å². The number of halogens is 1. The van der Waals surface area contributed by atoms with Crippen LogP contribution in [0.3, 0.4) is 0 Å². The third-order valence-corrected chi connectivity index (χ3v) is 4.09. The smallest absolute Gasteiger partial charge is 0.407 e. The average Bonchev–Trinajstić information content (AvgIpc) is 3.06. The Morgan fingerprint density at radius 2 is 1.89 bits per heavy atom. The van der Waals surface area contributed by atoms with Gasteiger partial charge in [-0.1, -0.05) is 18.2 Å². The molecule has 1 atom stereocenters. The second kappa shape index (κ2) is 8.35. The Morgan fingerprint density at radius 1 is 1.15 bits per heavy atom. The van der Waals surface area contributed by atoms with Gasteiger partial charge in [0.25, 0.3) is 0 Å². The van der Waals surface area contributed by atoms with Gasteiger partial charge in [-0.25, -0.2) is 9.18 Å². The van der Waals surface area contributed by atoms with Crippen molar-refractivity contribution in [1.82, 2.24) is 10.3 Å². The maximum Gasteiger partial charge on any atom is 0.407 e. The molecule has 0 saturated heterocycles. The lowest BCUT2D eigenvalue weighted by Crippen LogP contribution is -2.45. The van der Waals surface area contributed by atoms with E-state index in [0.29, 0.717) is 5.69 Å². The molecule has 0 aliphatic rings. The number of aromatic amines is 1. The molecule has 7 heteroatoms. The van der Waals surface area contributed by atoms with Crippen LogP contribution in [0.4, 0.5) is 14.9 Å². The van der Waals surface area contributed by atoms with Gasteiger partial charge in [-0.05, 0) is 42.8 Å². The third kappa shape index (κ3) is 4.63. The molecule has 0 aliphatic carbocycles. The second-order valence-electron chi connectivity index (χ2n) is 5.98. The molecule has 0 spiro atoms. The summed E-state index contributed by atoms with van der Waals surface area (Å²) in [5, 5.41) is 6.26. The number of fused-ring (bicyclic) bond motifs is 1. The highest BCUT2D eigenvalue weighted by atomic mass is 19.1. The number of hydrogen-bond acceptors (Lipinski definition) is 3. The summed E-state index contributed by atoms with van der Waals surface area (Å²) in [6.07, 6.45) is 1.42. The lowest BCUT2D eigenvalue weighted by molar-refractivity contribution is -0.118. The summed E-state index contributed by atoms with van der Waals surface area (Å²) < 4.78 is 18.0. The Morgan fingerprint density at radius 3 is 2.63 bits per heavy atom. The largest absolute Gasteiger partial charge is 0.450 e. The zero-order valence-electron chi connectivity index (χ0n) is 14.8. The number of hydrogen-bond donors (Lipinski definition) is 3. The first-order chi connectivity index (χ1) is 13.1. The molecule has 0 fully saturated rings. The van der Waals surface area contributed by atoms with E-state index in [9.17, 15) is 14.0 Å². The lowest BCUT2D eigenvalue weighted by Gasteiger charge is -2.18. The fourth-order valence-corrected chi connectivity index (χ4v) is 2.81. The van der Waals surface area contributed by atoms with Crippen LogP contribution in [0.5, 0.6) is 0 Å². The standard InChI is InChI=1S/C20H20FN3O3/c1-2-27-20(26)24-18(19(25)23-15-9-7-14(21)8-10-15)11-13-12-22-17-6-4-3-5-16(13)17/h3-10,12,18,22H,2,11H2,1H3,(H,23,25)(H,24,26)/t18-/m0/s1. The Hall–Kier alpha value is -3.35. The van der Waals surface area contributed by atoms with Gasteiger partial charge < -0.3 is 20.4 Å². The van der Waals surface area contributed by atoms with Gasteiger partial charge in [0.15, 0.2) is 0 Å². The number of benzene rings is 2. The summed E-state index contributed by atoms with van der Waals surface area (Å²) in [7, 11) is 0. The van der Waals surface area contributed by atoms with Crippen LogP contribution < -0.4 is 10.6 Å². The molecule has 0 unspecified atom stereocenters. The molecule has 6 nitrogen and oxygen atoms in total. The van der Waals surface area contributed by atoms with Crippen LogP contribution in [0.1, 0.15) is 12.5 Å². The van der Waals surface area contributed by atoms with Crippen LogP contribution in [-0.4, -0.2) is 29.6 Å². The molecule has 2 aromatic carbocycles. The first-order valence-electron chi connectivity index (χ1n) is 8.61. The van der Waals surface area contributed by atoms with E-state index in [0.717, 1.165) is 16.5 Å². The summed E-state index contributed by atoms with van der Waals surface area (Å²) in [4.78, 5) is 27.7. The topological polar surface area (TPSA) is 83.2 Å². The van der Waals surface area contributed by atoms with Gasteiger partial charge in [-0.2, -0.15) is 0 Å². The number of aromatic nitrogens is 1. The number of anilines is 1. The fourth-order valence-electron chi connectivity index (χ4n) is 2.81. The molecule has 27 heavy (non-hydrogen) atoms. The summed E-state index contributed by atoms with van der Waals surface area (Å²) in [5.41, 5.74) is 2.28. The van der Waals surface area contributed by atoms with Crippen molar-refractivity contribution in [2.45, 2.75) is 19.4 Å². The van der Waals surface area contributed by atoms with E-state index in [1.807, 2.05) is 30.5 Å². The lowest BCUT2D eigenvalue weighted by atomic mass is 10.0. The van der Waals surface area contributed by atoms with Crippen molar-refractivity contribution >= 4 is 28.6 Å². The van der Waals surface area contributed by atoms with Crippen molar-refractivity contribution in [3.05, 3.63) is 66.1 Å². The fraction of sp³-hybridized carbons (Fsp3) is 0.200. The third-order valence-electron chi connectivity index (χ3n) is 4.09. The van der Waals surface area contributed by atoms with Crippen LogP contribution >= 0.6 is 0 Å². The van der Waals surface area contributed by atoms with Crippen LogP contribution in [0.2, 0.25) is 0 Å². The van der Waals surface area contributed by atoms with E-state index in [-0.39, 0.29) is 13.0 Å². The Balaban J connectivity index is 1.80.